The molecule has 0 atom stereocenters. The van der Waals surface area contributed by atoms with Crippen LogP contribution in [0.3, 0.4) is 0 Å². The van der Waals surface area contributed by atoms with Gasteiger partial charge in [0.05, 0.1) is 11.6 Å². The molecule has 1 amide bonds. The molecule has 8 heteroatoms. The summed E-state index contributed by atoms with van der Waals surface area (Å²) >= 11 is 3.20. The highest BCUT2D eigenvalue weighted by Crippen LogP contribution is 2.34. The van der Waals surface area contributed by atoms with Crippen molar-refractivity contribution in [2.24, 2.45) is 5.14 Å². The number of ether oxygens (including phenoxy) is 1. The third-order valence-corrected chi connectivity index (χ3v) is 5.16. The first-order valence-corrected chi connectivity index (χ1v) is 8.73. The molecule has 1 saturated carbocycles. The number of sulfonamides is 1. The minimum Gasteiger partial charge on any atom is -0.494 e. The van der Waals surface area contributed by atoms with Crippen molar-refractivity contribution in [1.29, 1.82) is 0 Å². The van der Waals surface area contributed by atoms with Crippen LogP contribution in [-0.2, 0) is 10.0 Å². The van der Waals surface area contributed by atoms with E-state index in [1.54, 1.807) is 0 Å². The number of amides is 1. The monoisotopic (exact) mass is 376 g/mol. The van der Waals surface area contributed by atoms with Gasteiger partial charge in [-0.1, -0.05) is 0 Å². The van der Waals surface area contributed by atoms with Crippen LogP contribution in [0.2, 0.25) is 0 Å². The number of hydrogen-bond donors (Lipinski definition) is 2. The summed E-state index contributed by atoms with van der Waals surface area (Å²) in [5.74, 6) is -0.241. The van der Waals surface area contributed by atoms with Crippen molar-refractivity contribution in [3.8, 4) is 5.75 Å². The summed E-state index contributed by atoms with van der Waals surface area (Å²) in [6.45, 7) is 1.97. The first-order chi connectivity index (χ1) is 9.66. The SMILES string of the molecule is COc1c(Br)cc(C(=O)NC2(C)CCC2)cc1S(N)(=O)=O. The number of rotatable bonds is 4. The Morgan fingerprint density at radius 3 is 2.48 bits per heavy atom. The maximum Gasteiger partial charge on any atom is 0.251 e. The van der Waals surface area contributed by atoms with Crippen LogP contribution >= 0.6 is 15.9 Å². The summed E-state index contributed by atoms with van der Waals surface area (Å²) in [5.41, 5.74) is 0.00504. The van der Waals surface area contributed by atoms with Crippen LogP contribution < -0.4 is 15.2 Å². The molecule has 1 aliphatic rings. The molecule has 1 aliphatic carbocycles. The second-order valence-electron chi connectivity index (χ2n) is 5.40. The van der Waals surface area contributed by atoms with Gasteiger partial charge in [-0.2, -0.15) is 0 Å². The van der Waals surface area contributed by atoms with Crippen LogP contribution in [0.4, 0.5) is 0 Å². The van der Waals surface area contributed by atoms with Gasteiger partial charge in [0.15, 0.2) is 5.75 Å². The Bertz CT molecular complexity index is 684. The van der Waals surface area contributed by atoms with Gasteiger partial charge in [0.25, 0.3) is 5.91 Å². The lowest BCUT2D eigenvalue weighted by Crippen LogP contribution is -2.50. The molecule has 0 radical (unpaired) electrons. The number of benzene rings is 1. The molecule has 0 spiro atoms. The van der Waals surface area contributed by atoms with Crippen molar-refractivity contribution in [3.63, 3.8) is 0 Å². The molecule has 2 rings (SSSR count). The van der Waals surface area contributed by atoms with Crippen LogP contribution in [0.15, 0.2) is 21.5 Å². The third kappa shape index (κ3) is 3.38. The van der Waals surface area contributed by atoms with Gasteiger partial charge < -0.3 is 10.1 Å². The van der Waals surface area contributed by atoms with E-state index in [1.165, 1.54) is 19.2 Å². The number of hydrogen-bond acceptors (Lipinski definition) is 4. The average molecular weight is 377 g/mol. The van der Waals surface area contributed by atoms with Crippen LogP contribution in [0.5, 0.6) is 5.75 Å². The van der Waals surface area contributed by atoms with Crippen LogP contribution in [0.1, 0.15) is 36.5 Å². The van der Waals surface area contributed by atoms with Crippen molar-refractivity contribution in [2.45, 2.75) is 36.6 Å². The smallest absolute Gasteiger partial charge is 0.251 e. The van der Waals surface area contributed by atoms with E-state index in [0.717, 1.165) is 19.3 Å². The van der Waals surface area contributed by atoms with Gasteiger partial charge in [-0.3, -0.25) is 4.79 Å². The molecule has 1 aromatic carbocycles. The van der Waals surface area contributed by atoms with Crippen LogP contribution in [0, 0.1) is 0 Å². The predicted molar refractivity (Wildman–Crippen MR) is 81.8 cm³/mol. The highest BCUT2D eigenvalue weighted by molar-refractivity contribution is 9.10. The number of nitrogens with one attached hydrogen (secondary N) is 1. The van der Waals surface area contributed by atoms with Gasteiger partial charge in [0, 0.05) is 11.1 Å². The van der Waals surface area contributed by atoms with Gasteiger partial charge in [0.2, 0.25) is 10.0 Å². The molecule has 21 heavy (non-hydrogen) atoms. The summed E-state index contributed by atoms with van der Waals surface area (Å²) in [5, 5.41) is 8.09. The van der Waals surface area contributed by atoms with Gasteiger partial charge in [-0.15, -0.1) is 0 Å². The number of methoxy groups -OCH3 is 1. The fourth-order valence-electron chi connectivity index (χ4n) is 2.29. The maximum absolute atomic E-state index is 12.3. The normalized spacial score (nSPS) is 17.0. The Morgan fingerprint density at radius 2 is 2.05 bits per heavy atom. The first-order valence-electron chi connectivity index (χ1n) is 6.39. The molecule has 116 valence electrons. The summed E-state index contributed by atoms with van der Waals surface area (Å²) in [6, 6.07) is 2.75. The molecular weight excluding hydrogens is 360 g/mol. The van der Waals surface area contributed by atoms with Crippen molar-refractivity contribution < 1.29 is 17.9 Å². The molecule has 6 nitrogen and oxygen atoms in total. The van der Waals surface area contributed by atoms with E-state index in [9.17, 15) is 13.2 Å². The quantitative estimate of drug-likeness (QED) is 0.836. The molecule has 1 fully saturated rings. The van der Waals surface area contributed by atoms with Crippen LogP contribution in [-0.4, -0.2) is 27.0 Å². The fraction of sp³-hybridized carbons (Fsp3) is 0.462. The molecule has 1 aromatic rings. The summed E-state index contributed by atoms with van der Waals surface area (Å²) in [7, 11) is -2.66. The standard InChI is InChI=1S/C13H17BrN2O4S/c1-13(4-3-5-13)16-12(17)8-6-9(14)11(20-2)10(7-8)21(15,18)19/h6-7H,3-5H2,1-2H3,(H,16,17)(H2,15,18,19). The maximum atomic E-state index is 12.3. The minimum absolute atomic E-state index is 0.0869. The molecule has 0 aliphatic heterocycles. The van der Waals surface area contributed by atoms with E-state index in [1.807, 2.05) is 6.92 Å². The fourth-order valence-corrected chi connectivity index (χ4v) is 3.78. The number of carbonyl (C=O) groups is 1. The second kappa shape index (κ2) is 5.58. The van der Waals surface area contributed by atoms with E-state index < -0.39 is 10.0 Å². The molecule has 0 saturated heterocycles. The Hall–Kier alpha value is -1.12. The Labute approximate surface area is 132 Å². The number of halogens is 1. The van der Waals surface area contributed by atoms with Crippen LogP contribution in [0.25, 0.3) is 0 Å². The highest BCUT2D eigenvalue weighted by atomic mass is 79.9. The summed E-state index contributed by atoms with van der Waals surface area (Å²) in [6.07, 6.45) is 2.90. The Balaban J connectivity index is 2.41. The number of primary sulfonamides is 1. The van der Waals surface area contributed by atoms with Crippen molar-refractivity contribution in [3.05, 3.63) is 22.2 Å². The van der Waals surface area contributed by atoms with E-state index in [4.69, 9.17) is 9.88 Å². The average Bonchev–Trinajstić information content (AvgIpc) is 2.34. The van der Waals surface area contributed by atoms with E-state index in [0.29, 0.717) is 4.47 Å². The lowest BCUT2D eigenvalue weighted by Gasteiger charge is -2.39. The number of nitrogens with two attached hydrogens (primary N) is 1. The van der Waals surface area contributed by atoms with E-state index >= 15 is 0 Å². The van der Waals surface area contributed by atoms with Gasteiger partial charge >= 0.3 is 0 Å². The van der Waals surface area contributed by atoms with Gasteiger partial charge in [-0.25, -0.2) is 13.6 Å². The predicted octanol–water partition coefficient (Wildman–Crippen LogP) is 1.78. The van der Waals surface area contributed by atoms with Crippen molar-refractivity contribution in [1.82, 2.24) is 5.32 Å². The zero-order valence-electron chi connectivity index (χ0n) is 11.8. The zero-order chi connectivity index (χ0) is 15.8. The molecule has 0 heterocycles. The van der Waals surface area contributed by atoms with Crippen molar-refractivity contribution in [2.75, 3.05) is 7.11 Å². The van der Waals surface area contributed by atoms with Gasteiger partial charge in [0.1, 0.15) is 4.90 Å². The van der Waals surface area contributed by atoms with E-state index in [-0.39, 0.29) is 27.7 Å². The van der Waals surface area contributed by atoms with E-state index in [2.05, 4.69) is 21.2 Å². The zero-order valence-corrected chi connectivity index (χ0v) is 14.2. The lowest BCUT2D eigenvalue weighted by atomic mass is 9.78. The molecule has 3 N–H and O–H groups in total. The molecule has 0 unspecified atom stereocenters. The van der Waals surface area contributed by atoms with Gasteiger partial charge in [-0.05, 0) is 54.2 Å². The lowest BCUT2D eigenvalue weighted by molar-refractivity contribution is 0.0850. The molecule has 0 bridgehead atoms. The Kier molecular flexibility index (Phi) is 4.32. The Morgan fingerprint density at radius 1 is 1.43 bits per heavy atom. The summed E-state index contributed by atoms with van der Waals surface area (Å²) < 4.78 is 28.7. The molecular formula is C13H17BrN2O4S. The summed E-state index contributed by atoms with van der Waals surface area (Å²) in [4.78, 5) is 12.1. The highest BCUT2D eigenvalue weighted by Gasteiger charge is 2.34. The number of carbonyl (C=O) groups excluding carboxylic acids is 1. The topological polar surface area (TPSA) is 98.5 Å². The molecule has 0 aromatic heterocycles. The largest absolute Gasteiger partial charge is 0.494 e. The van der Waals surface area contributed by atoms with Crippen molar-refractivity contribution >= 4 is 31.9 Å². The minimum atomic E-state index is -3.99. The first kappa shape index (κ1) is 16.3. The second-order valence-corrected chi connectivity index (χ2v) is 7.79. The third-order valence-electron chi connectivity index (χ3n) is 3.65.